The predicted molar refractivity (Wildman–Crippen MR) is 119 cm³/mol. The van der Waals surface area contributed by atoms with Crippen LogP contribution >= 0.6 is 0 Å². The second kappa shape index (κ2) is 11.3. The molecule has 0 aliphatic carbocycles. The lowest BCUT2D eigenvalue weighted by atomic mass is 9.82. The second-order valence-corrected chi connectivity index (χ2v) is 7.37. The molecular formula is C25H31NO3. The number of aliphatic imine (C=N–C) groups is 1. The molecule has 0 bridgehead atoms. The van der Waals surface area contributed by atoms with Crippen LogP contribution < -0.4 is 0 Å². The first-order valence-corrected chi connectivity index (χ1v) is 10.1. The number of ether oxygens (including phenoxy) is 1. The zero-order chi connectivity index (χ0) is 21.1. The molecule has 0 amide bonds. The Balaban J connectivity index is 2.50. The summed E-state index contributed by atoms with van der Waals surface area (Å²) in [6.07, 6.45) is 5.43. The van der Waals surface area contributed by atoms with Gasteiger partial charge < -0.3 is 9.84 Å². The summed E-state index contributed by atoms with van der Waals surface area (Å²) in [7, 11) is 1.61. The van der Waals surface area contributed by atoms with Gasteiger partial charge in [-0.05, 0) is 26.2 Å². The molecule has 0 aliphatic heterocycles. The van der Waals surface area contributed by atoms with Gasteiger partial charge in [0.15, 0.2) is 5.54 Å². The molecule has 2 aromatic rings. The van der Waals surface area contributed by atoms with Crippen molar-refractivity contribution in [2.24, 2.45) is 10.9 Å². The normalized spacial score (nSPS) is 13.9. The Bertz CT molecular complexity index is 760. The van der Waals surface area contributed by atoms with E-state index in [2.05, 4.69) is 6.58 Å². The Labute approximate surface area is 174 Å². The smallest absolute Gasteiger partial charge is 0.331 e. The van der Waals surface area contributed by atoms with Crippen molar-refractivity contribution >= 4 is 11.7 Å². The van der Waals surface area contributed by atoms with Gasteiger partial charge in [-0.2, -0.15) is 0 Å². The van der Waals surface area contributed by atoms with Crippen molar-refractivity contribution in [3.8, 4) is 0 Å². The van der Waals surface area contributed by atoms with E-state index < -0.39 is 11.5 Å². The molecule has 2 atom stereocenters. The Hall–Kier alpha value is -2.72. The van der Waals surface area contributed by atoms with Crippen LogP contribution in [0.3, 0.4) is 0 Å². The molecule has 4 heteroatoms. The quantitative estimate of drug-likeness (QED) is 0.299. The fourth-order valence-electron chi connectivity index (χ4n) is 3.44. The zero-order valence-electron chi connectivity index (χ0n) is 17.4. The SMILES string of the molecule is C=CCCCCC(COC)C(C)(N=C(c1ccccc1)c1ccccc1)C(=O)O. The minimum absolute atomic E-state index is 0.239. The molecular weight excluding hydrogens is 362 g/mol. The summed E-state index contributed by atoms with van der Waals surface area (Å²) < 4.78 is 5.40. The number of nitrogens with zero attached hydrogens (tertiary/aromatic N) is 1. The summed E-state index contributed by atoms with van der Waals surface area (Å²) in [6, 6.07) is 19.5. The van der Waals surface area contributed by atoms with Crippen LogP contribution in [0.5, 0.6) is 0 Å². The van der Waals surface area contributed by atoms with Crippen LogP contribution in [0.1, 0.15) is 43.7 Å². The van der Waals surface area contributed by atoms with Crippen molar-refractivity contribution in [1.29, 1.82) is 0 Å². The number of carboxylic acids is 1. The van der Waals surface area contributed by atoms with E-state index in [4.69, 9.17) is 9.73 Å². The van der Waals surface area contributed by atoms with E-state index >= 15 is 0 Å². The highest BCUT2D eigenvalue weighted by Gasteiger charge is 2.41. The fraction of sp³-hybridized carbons (Fsp3) is 0.360. The third-order valence-electron chi connectivity index (χ3n) is 5.25. The highest BCUT2D eigenvalue weighted by atomic mass is 16.5. The summed E-state index contributed by atoms with van der Waals surface area (Å²) >= 11 is 0. The Kier molecular flexibility index (Phi) is 8.81. The first-order valence-electron chi connectivity index (χ1n) is 10.1. The largest absolute Gasteiger partial charge is 0.479 e. The summed E-state index contributed by atoms with van der Waals surface area (Å²) in [5.41, 5.74) is 1.18. The van der Waals surface area contributed by atoms with Crippen molar-refractivity contribution in [1.82, 2.24) is 0 Å². The molecule has 4 nitrogen and oxygen atoms in total. The summed E-state index contributed by atoms with van der Waals surface area (Å²) in [5.74, 6) is -1.18. The van der Waals surface area contributed by atoms with E-state index in [1.165, 1.54) is 0 Å². The number of rotatable bonds is 12. The third kappa shape index (κ3) is 6.13. The van der Waals surface area contributed by atoms with Gasteiger partial charge in [-0.15, -0.1) is 6.58 Å². The van der Waals surface area contributed by atoms with Crippen LogP contribution in [0.4, 0.5) is 0 Å². The maximum atomic E-state index is 12.4. The maximum absolute atomic E-state index is 12.4. The van der Waals surface area contributed by atoms with Crippen molar-refractivity contribution in [2.45, 2.75) is 38.1 Å². The number of methoxy groups -OCH3 is 1. The lowest BCUT2D eigenvalue weighted by molar-refractivity contribution is -0.145. The van der Waals surface area contributed by atoms with Gasteiger partial charge >= 0.3 is 5.97 Å². The van der Waals surface area contributed by atoms with E-state index in [9.17, 15) is 9.90 Å². The highest BCUT2D eigenvalue weighted by molar-refractivity contribution is 6.13. The van der Waals surface area contributed by atoms with E-state index in [1.807, 2.05) is 66.7 Å². The number of carbonyl (C=O) groups is 1. The van der Waals surface area contributed by atoms with Gasteiger partial charge in [0, 0.05) is 24.2 Å². The topological polar surface area (TPSA) is 58.9 Å². The molecule has 2 aromatic carbocycles. The van der Waals surface area contributed by atoms with Gasteiger partial charge in [0.1, 0.15) is 0 Å². The third-order valence-corrected chi connectivity index (χ3v) is 5.25. The molecule has 0 saturated heterocycles. The molecule has 2 rings (SSSR count). The number of hydrogen-bond donors (Lipinski definition) is 1. The van der Waals surface area contributed by atoms with Gasteiger partial charge in [-0.1, -0.05) is 73.2 Å². The number of benzene rings is 2. The van der Waals surface area contributed by atoms with Crippen molar-refractivity contribution < 1.29 is 14.6 Å². The molecule has 0 aliphatic rings. The lowest BCUT2D eigenvalue weighted by Crippen LogP contribution is -2.44. The Morgan fingerprint density at radius 2 is 1.66 bits per heavy atom. The summed E-state index contributed by atoms with van der Waals surface area (Å²) in [4.78, 5) is 17.3. The lowest BCUT2D eigenvalue weighted by Gasteiger charge is -2.31. The number of carboxylic acid groups (broad SMARTS) is 1. The molecule has 0 spiro atoms. The van der Waals surface area contributed by atoms with Crippen LogP contribution in [-0.4, -0.2) is 36.0 Å². The first-order chi connectivity index (χ1) is 14.0. The maximum Gasteiger partial charge on any atom is 0.331 e. The molecule has 0 fully saturated rings. The molecule has 1 N–H and O–H groups in total. The van der Waals surface area contributed by atoms with E-state index in [0.717, 1.165) is 36.8 Å². The Morgan fingerprint density at radius 1 is 1.10 bits per heavy atom. The van der Waals surface area contributed by atoms with E-state index in [-0.39, 0.29) is 5.92 Å². The van der Waals surface area contributed by atoms with Crippen LogP contribution in [0, 0.1) is 5.92 Å². The molecule has 0 heterocycles. The number of unbranched alkanes of at least 4 members (excludes halogenated alkanes) is 2. The first kappa shape index (κ1) is 22.6. The Morgan fingerprint density at radius 3 is 2.10 bits per heavy atom. The molecule has 2 unspecified atom stereocenters. The minimum atomic E-state index is -1.30. The van der Waals surface area contributed by atoms with Crippen LogP contribution in [-0.2, 0) is 9.53 Å². The molecule has 29 heavy (non-hydrogen) atoms. The summed E-state index contributed by atoms with van der Waals surface area (Å²) in [6.45, 7) is 5.81. The predicted octanol–water partition coefficient (Wildman–Crippen LogP) is 5.38. The number of hydrogen-bond acceptors (Lipinski definition) is 3. The van der Waals surface area contributed by atoms with Gasteiger partial charge in [0.2, 0.25) is 0 Å². The second-order valence-electron chi connectivity index (χ2n) is 7.37. The van der Waals surface area contributed by atoms with Gasteiger partial charge in [0.05, 0.1) is 12.3 Å². The van der Waals surface area contributed by atoms with Crippen LogP contribution in [0.25, 0.3) is 0 Å². The number of aliphatic carboxylic acids is 1. The monoisotopic (exact) mass is 393 g/mol. The van der Waals surface area contributed by atoms with Crippen molar-refractivity contribution in [3.05, 3.63) is 84.4 Å². The zero-order valence-corrected chi connectivity index (χ0v) is 17.4. The van der Waals surface area contributed by atoms with E-state index in [1.54, 1.807) is 14.0 Å². The van der Waals surface area contributed by atoms with Crippen molar-refractivity contribution in [2.75, 3.05) is 13.7 Å². The number of allylic oxidation sites excluding steroid dienone is 1. The van der Waals surface area contributed by atoms with Crippen LogP contribution in [0.2, 0.25) is 0 Å². The standard InChI is InChI=1S/C25H31NO3/c1-4-5-6-13-18-22(19-29-3)25(2,24(27)28)26-23(20-14-9-7-10-15-20)21-16-11-8-12-17-21/h4,7-12,14-17,22H,1,5-6,13,18-19H2,2-3H3,(H,27,28). The average molecular weight is 394 g/mol. The van der Waals surface area contributed by atoms with Crippen LogP contribution in [0.15, 0.2) is 78.3 Å². The molecule has 0 radical (unpaired) electrons. The van der Waals surface area contributed by atoms with Crippen molar-refractivity contribution in [3.63, 3.8) is 0 Å². The van der Waals surface area contributed by atoms with Gasteiger partial charge in [-0.25, -0.2) is 4.79 Å². The molecule has 0 aromatic heterocycles. The molecule has 0 saturated carbocycles. The molecule has 154 valence electrons. The fourth-order valence-corrected chi connectivity index (χ4v) is 3.44. The van der Waals surface area contributed by atoms with Gasteiger partial charge in [0.25, 0.3) is 0 Å². The minimum Gasteiger partial charge on any atom is -0.479 e. The van der Waals surface area contributed by atoms with E-state index in [0.29, 0.717) is 12.3 Å². The average Bonchev–Trinajstić information content (AvgIpc) is 2.75. The highest BCUT2D eigenvalue weighted by Crippen LogP contribution is 2.30. The summed E-state index contributed by atoms with van der Waals surface area (Å²) in [5, 5.41) is 10.2. The van der Waals surface area contributed by atoms with Gasteiger partial charge in [-0.3, -0.25) is 4.99 Å².